The molecule has 8 nitrogen and oxygen atoms in total. The maximum atomic E-state index is 13.4. The molecular formula is C23H27ClF3N3O5S. The molecular weight excluding hydrogens is 523 g/mol. The molecule has 198 valence electrons. The lowest BCUT2D eigenvalue weighted by molar-refractivity contribution is -0.139. The lowest BCUT2D eigenvalue weighted by Crippen LogP contribution is -2.51. The van der Waals surface area contributed by atoms with Crippen molar-refractivity contribution in [1.82, 2.24) is 10.2 Å². The van der Waals surface area contributed by atoms with Gasteiger partial charge in [0.2, 0.25) is 21.8 Å². The molecule has 0 bridgehead atoms. The summed E-state index contributed by atoms with van der Waals surface area (Å²) in [4.78, 5) is 27.1. The maximum Gasteiger partial charge on any atom is 0.417 e. The zero-order valence-electron chi connectivity index (χ0n) is 20.1. The third kappa shape index (κ3) is 7.50. The Morgan fingerprint density at radius 1 is 1.14 bits per heavy atom. The van der Waals surface area contributed by atoms with Gasteiger partial charge in [0.25, 0.3) is 0 Å². The van der Waals surface area contributed by atoms with E-state index in [0.717, 1.165) is 23.3 Å². The van der Waals surface area contributed by atoms with Gasteiger partial charge in [-0.15, -0.1) is 0 Å². The number of halogens is 4. The van der Waals surface area contributed by atoms with E-state index in [0.29, 0.717) is 28.2 Å². The molecule has 0 fully saturated rings. The van der Waals surface area contributed by atoms with E-state index in [2.05, 4.69) is 5.32 Å². The summed E-state index contributed by atoms with van der Waals surface area (Å²) < 4.78 is 70.8. The summed E-state index contributed by atoms with van der Waals surface area (Å²) in [7, 11) is -2.71. The second-order valence-corrected chi connectivity index (χ2v) is 10.2. The van der Waals surface area contributed by atoms with E-state index in [1.54, 1.807) is 31.2 Å². The number of methoxy groups -OCH3 is 1. The number of amides is 2. The van der Waals surface area contributed by atoms with Crippen molar-refractivity contribution in [3.63, 3.8) is 0 Å². The van der Waals surface area contributed by atoms with E-state index >= 15 is 0 Å². The highest BCUT2D eigenvalue weighted by molar-refractivity contribution is 7.92. The van der Waals surface area contributed by atoms with Crippen molar-refractivity contribution in [1.29, 1.82) is 0 Å². The molecule has 0 aliphatic rings. The van der Waals surface area contributed by atoms with Crippen molar-refractivity contribution in [3.05, 3.63) is 58.6 Å². The van der Waals surface area contributed by atoms with E-state index in [4.69, 9.17) is 16.3 Å². The third-order valence-electron chi connectivity index (χ3n) is 5.25. The van der Waals surface area contributed by atoms with Gasteiger partial charge in [0.05, 0.1) is 29.6 Å². The smallest absolute Gasteiger partial charge is 0.417 e. The van der Waals surface area contributed by atoms with Crippen LogP contribution in [0.1, 0.15) is 25.0 Å². The summed E-state index contributed by atoms with van der Waals surface area (Å²) in [5.41, 5.74) is -1.01. The first kappa shape index (κ1) is 29.2. The van der Waals surface area contributed by atoms with Crippen molar-refractivity contribution in [3.8, 4) is 5.75 Å². The number of hydrogen-bond acceptors (Lipinski definition) is 5. The van der Waals surface area contributed by atoms with Crippen LogP contribution in [0.25, 0.3) is 0 Å². The van der Waals surface area contributed by atoms with Crippen molar-refractivity contribution in [2.24, 2.45) is 0 Å². The highest BCUT2D eigenvalue weighted by Crippen LogP contribution is 2.37. The second-order valence-electron chi connectivity index (χ2n) is 7.87. The summed E-state index contributed by atoms with van der Waals surface area (Å²) in [5.74, 6) is -0.700. The molecule has 2 aromatic rings. The topological polar surface area (TPSA) is 96.0 Å². The molecule has 0 saturated heterocycles. The number of alkyl halides is 3. The van der Waals surface area contributed by atoms with Gasteiger partial charge in [0.15, 0.2) is 0 Å². The van der Waals surface area contributed by atoms with E-state index in [1.807, 2.05) is 0 Å². The van der Waals surface area contributed by atoms with Crippen LogP contribution in [0.3, 0.4) is 0 Å². The molecule has 1 unspecified atom stereocenters. The zero-order chi connectivity index (χ0) is 27.3. The van der Waals surface area contributed by atoms with Gasteiger partial charge in [-0.25, -0.2) is 8.42 Å². The normalized spacial score (nSPS) is 12.6. The molecule has 0 saturated carbocycles. The molecule has 2 rings (SSSR count). The van der Waals surface area contributed by atoms with Gasteiger partial charge in [0, 0.05) is 13.1 Å². The summed E-state index contributed by atoms with van der Waals surface area (Å²) >= 11 is 5.66. The molecule has 0 aliphatic carbocycles. The van der Waals surface area contributed by atoms with Crippen LogP contribution in [0, 0.1) is 0 Å². The Hall–Kier alpha value is -2.99. The molecule has 13 heteroatoms. The Morgan fingerprint density at radius 2 is 1.75 bits per heavy atom. The number of rotatable bonds is 10. The summed E-state index contributed by atoms with van der Waals surface area (Å²) in [6.07, 6.45) is -4.07. The van der Waals surface area contributed by atoms with Gasteiger partial charge in [-0.3, -0.25) is 13.9 Å². The number of ether oxygens (including phenoxy) is 1. The molecule has 36 heavy (non-hydrogen) atoms. The first-order valence-electron chi connectivity index (χ1n) is 10.7. The van der Waals surface area contributed by atoms with E-state index < -0.39 is 56.9 Å². The number of hydrogen-bond donors (Lipinski definition) is 1. The Morgan fingerprint density at radius 3 is 2.25 bits per heavy atom. The Labute approximate surface area is 213 Å². The summed E-state index contributed by atoms with van der Waals surface area (Å²) in [6, 6.07) is 8.21. The number of anilines is 1. The quantitative estimate of drug-likeness (QED) is 0.488. The SMILES string of the molecule is CCNC(=O)C(C)N(Cc1ccc(OC)cc1)C(=O)CN(c1ccc(Cl)c(C(F)(F)F)c1)S(C)(=O)=O. The van der Waals surface area contributed by atoms with Gasteiger partial charge >= 0.3 is 6.18 Å². The van der Waals surface area contributed by atoms with Crippen LogP contribution in [0.4, 0.5) is 18.9 Å². The first-order valence-corrected chi connectivity index (χ1v) is 13.0. The first-order chi connectivity index (χ1) is 16.7. The Bertz CT molecular complexity index is 1190. The van der Waals surface area contributed by atoms with Gasteiger partial charge in [-0.2, -0.15) is 13.2 Å². The molecule has 1 N–H and O–H groups in total. The fourth-order valence-corrected chi connectivity index (χ4v) is 4.40. The number of likely N-dealkylation sites (N-methyl/N-ethyl adjacent to an activating group) is 1. The molecule has 1 atom stereocenters. The summed E-state index contributed by atoms with van der Waals surface area (Å²) in [6.45, 7) is 2.57. The van der Waals surface area contributed by atoms with E-state index in [9.17, 15) is 31.2 Å². The van der Waals surface area contributed by atoms with Crippen LogP contribution in [0.15, 0.2) is 42.5 Å². The largest absolute Gasteiger partial charge is 0.497 e. The fourth-order valence-electron chi connectivity index (χ4n) is 3.33. The lowest BCUT2D eigenvalue weighted by atomic mass is 10.1. The number of nitrogens with one attached hydrogen (secondary N) is 1. The van der Waals surface area contributed by atoms with Crippen molar-refractivity contribution >= 4 is 39.1 Å². The Balaban J connectivity index is 2.46. The molecule has 0 aliphatic heterocycles. The average molecular weight is 550 g/mol. The van der Waals surface area contributed by atoms with Crippen LogP contribution in [0.5, 0.6) is 5.75 Å². The third-order valence-corrected chi connectivity index (χ3v) is 6.72. The van der Waals surface area contributed by atoms with Crippen LogP contribution in [-0.4, -0.2) is 57.6 Å². The number of carbonyl (C=O) groups is 2. The molecule has 2 aromatic carbocycles. The van der Waals surface area contributed by atoms with Gasteiger partial charge < -0.3 is 15.0 Å². The van der Waals surface area contributed by atoms with E-state index in [-0.39, 0.29) is 6.54 Å². The predicted molar refractivity (Wildman–Crippen MR) is 130 cm³/mol. The van der Waals surface area contributed by atoms with Gasteiger partial charge in [-0.05, 0) is 49.7 Å². The zero-order valence-corrected chi connectivity index (χ0v) is 21.7. The van der Waals surface area contributed by atoms with Crippen molar-refractivity contribution in [2.45, 2.75) is 32.6 Å². The molecule has 0 heterocycles. The standard InChI is InChI=1S/C23H27ClF3N3O5S/c1-5-28-22(32)15(2)29(13-16-6-9-18(35-3)10-7-16)21(31)14-30(36(4,33)34)17-8-11-20(24)19(12-17)23(25,26)27/h6-12,15H,5,13-14H2,1-4H3,(H,28,32). The van der Waals surface area contributed by atoms with Gasteiger partial charge in [0.1, 0.15) is 18.3 Å². The monoisotopic (exact) mass is 549 g/mol. The minimum Gasteiger partial charge on any atom is -0.497 e. The van der Waals surface area contributed by atoms with E-state index in [1.165, 1.54) is 14.0 Å². The lowest BCUT2D eigenvalue weighted by Gasteiger charge is -2.31. The minimum absolute atomic E-state index is 0.0624. The number of benzene rings is 2. The molecule has 0 aromatic heterocycles. The molecule has 2 amide bonds. The van der Waals surface area contributed by atoms with Gasteiger partial charge in [-0.1, -0.05) is 23.7 Å². The van der Waals surface area contributed by atoms with Crippen LogP contribution < -0.4 is 14.4 Å². The number of carbonyl (C=O) groups excluding carboxylic acids is 2. The van der Waals surface area contributed by atoms with Crippen LogP contribution >= 0.6 is 11.6 Å². The minimum atomic E-state index is -4.84. The van der Waals surface area contributed by atoms with Crippen LogP contribution in [0.2, 0.25) is 5.02 Å². The summed E-state index contributed by atoms with van der Waals surface area (Å²) in [5, 5.41) is 1.99. The number of sulfonamides is 1. The fraction of sp³-hybridized carbons (Fsp3) is 0.391. The maximum absolute atomic E-state index is 13.4. The molecule has 0 spiro atoms. The second kappa shape index (κ2) is 11.8. The Kier molecular flexibility index (Phi) is 9.61. The van der Waals surface area contributed by atoms with Crippen molar-refractivity contribution in [2.75, 3.05) is 30.8 Å². The van der Waals surface area contributed by atoms with Crippen molar-refractivity contribution < 1.29 is 35.9 Å². The highest BCUT2D eigenvalue weighted by atomic mass is 35.5. The number of nitrogens with zero attached hydrogens (tertiary/aromatic N) is 2. The predicted octanol–water partition coefficient (Wildman–Crippen LogP) is 3.69. The molecule has 0 radical (unpaired) electrons. The average Bonchev–Trinajstić information content (AvgIpc) is 2.80. The highest BCUT2D eigenvalue weighted by Gasteiger charge is 2.35. The van der Waals surface area contributed by atoms with Crippen LogP contribution in [-0.2, 0) is 32.3 Å².